The Morgan fingerprint density at radius 3 is 0.960 bits per heavy atom. The lowest BCUT2D eigenvalue weighted by Crippen LogP contribution is -2.17. The van der Waals surface area contributed by atoms with Crippen LogP contribution in [0.25, 0.3) is 0 Å². The minimum atomic E-state index is -0.735. The van der Waals surface area contributed by atoms with Gasteiger partial charge in [-0.05, 0) is 47.5 Å². The molecule has 0 unspecified atom stereocenters. The summed E-state index contributed by atoms with van der Waals surface area (Å²) in [5.41, 5.74) is 22.2. The Labute approximate surface area is 142 Å². The second-order valence-corrected chi connectivity index (χ2v) is 5.29. The maximum Gasteiger partial charge on any atom is 0.248 e. The number of hydrogen-bond acceptors (Lipinski definition) is 4. The molecule has 1 radical (unpaired) electrons. The van der Waals surface area contributed by atoms with Crippen molar-refractivity contribution in [1.29, 1.82) is 0 Å². The molecule has 0 saturated heterocycles. The predicted octanol–water partition coefficient (Wildman–Crippen LogP) is -0.317. The SMILES string of the molecule is NC(=O)c1cc([CH]c2cc(C(N)=O)cc(C(N)=O)c2)cc(C(N)=O)c1. The Kier molecular flexibility index (Phi) is 4.83. The van der Waals surface area contributed by atoms with Crippen LogP contribution in [0, 0.1) is 6.42 Å². The zero-order valence-electron chi connectivity index (χ0n) is 13.0. The summed E-state index contributed by atoms with van der Waals surface area (Å²) in [5.74, 6) is -2.94. The van der Waals surface area contributed by atoms with Gasteiger partial charge in [-0.2, -0.15) is 0 Å². The van der Waals surface area contributed by atoms with Crippen molar-refractivity contribution in [3.8, 4) is 0 Å². The first-order valence-corrected chi connectivity index (χ1v) is 7.01. The number of benzene rings is 2. The normalized spacial score (nSPS) is 10.2. The van der Waals surface area contributed by atoms with E-state index >= 15 is 0 Å². The second kappa shape index (κ2) is 6.83. The minimum Gasteiger partial charge on any atom is -0.366 e. The summed E-state index contributed by atoms with van der Waals surface area (Å²) in [6.07, 6.45) is 1.53. The van der Waals surface area contributed by atoms with Crippen LogP contribution in [0.4, 0.5) is 0 Å². The summed E-state index contributed by atoms with van der Waals surface area (Å²) in [5, 5.41) is 0. The maximum atomic E-state index is 11.4. The number of hydrogen-bond donors (Lipinski definition) is 4. The zero-order chi connectivity index (χ0) is 18.7. The van der Waals surface area contributed by atoms with Gasteiger partial charge in [-0.3, -0.25) is 19.2 Å². The van der Waals surface area contributed by atoms with Gasteiger partial charge in [-0.15, -0.1) is 0 Å². The first-order valence-electron chi connectivity index (χ1n) is 7.01. The van der Waals surface area contributed by atoms with E-state index in [4.69, 9.17) is 22.9 Å². The van der Waals surface area contributed by atoms with Crippen molar-refractivity contribution in [1.82, 2.24) is 0 Å². The van der Waals surface area contributed by atoms with Gasteiger partial charge >= 0.3 is 0 Å². The van der Waals surface area contributed by atoms with Crippen molar-refractivity contribution in [2.75, 3.05) is 0 Å². The number of carbonyl (C=O) groups excluding carboxylic acids is 4. The third-order valence-corrected chi connectivity index (χ3v) is 3.38. The standard InChI is InChI=1S/C17H15N4O4/c18-14(22)10-2-8(3-11(6-10)15(19)23)1-9-4-12(16(20)24)7-13(5-9)17(21)25/h1-7H,(H2,18,22)(H2,19,23)(H2,20,24)(H2,21,25). The molecule has 0 spiro atoms. The monoisotopic (exact) mass is 339 g/mol. The summed E-state index contributed by atoms with van der Waals surface area (Å²) < 4.78 is 0. The smallest absolute Gasteiger partial charge is 0.248 e. The van der Waals surface area contributed by atoms with E-state index in [0.29, 0.717) is 11.1 Å². The van der Waals surface area contributed by atoms with Gasteiger partial charge in [-0.1, -0.05) is 0 Å². The van der Waals surface area contributed by atoms with E-state index < -0.39 is 23.6 Å². The molecule has 4 amide bonds. The average molecular weight is 339 g/mol. The molecule has 0 saturated carbocycles. The topological polar surface area (TPSA) is 172 Å². The van der Waals surface area contributed by atoms with Crippen molar-refractivity contribution in [3.63, 3.8) is 0 Å². The molecular formula is C17H15N4O4. The average Bonchev–Trinajstić information content (AvgIpc) is 2.53. The highest BCUT2D eigenvalue weighted by Gasteiger charge is 2.13. The fourth-order valence-corrected chi connectivity index (χ4v) is 2.23. The minimum absolute atomic E-state index is 0.0868. The molecule has 0 aliphatic heterocycles. The lowest BCUT2D eigenvalue weighted by molar-refractivity contribution is 0.0985. The van der Waals surface area contributed by atoms with E-state index in [1.54, 1.807) is 0 Å². The summed E-state index contributed by atoms with van der Waals surface area (Å²) in [7, 11) is 0. The van der Waals surface area contributed by atoms with Crippen LogP contribution in [0.15, 0.2) is 36.4 Å². The number of nitrogens with two attached hydrogens (primary N) is 4. The summed E-state index contributed by atoms with van der Waals surface area (Å²) in [6, 6.07) is 8.31. The largest absolute Gasteiger partial charge is 0.366 e. The molecule has 0 fully saturated rings. The molecule has 2 aromatic rings. The van der Waals surface area contributed by atoms with Crippen LogP contribution in [0.5, 0.6) is 0 Å². The molecule has 8 heteroatoms. The molecule has 127 valence electrons. The summed E-state index contributed by atoms with van der Waals surface area (Å²) in [6.45, 7) is 0. The van der Waals surface area contributed by atoms with Crippen molar-refractivity contribution in [3.05, 3.63) is 76.2 Å². The van der Waals surface area contributed by atoms with Crippen molar-refractivity contribution in [2.45, 2.75) is 0 Å². The van der Waals surface area contributed by atoms with Crippen LogP contribution >= 0.6 is 0 Å². The van der Waals surface area contributed by atoms with Gasteiger partial charge in [0.15, 0.2) is 0 Å². The summed E-state index contributed by atoms with van der Waals surface area (Å²) >= 11 is 0. The highest BCUT2D eigenvalue weighted by Crippen LogP contribution is 2.19. The first-order chi connectivity index (χ1) is 11.7. The molecule has 8 N–H and O–H groups in total. The molecular weight excluding hydrogens is 324 g/mol. The molecule has 25 heavy (non-hydrogen) atoms. The number of rotatable bonds is 6. The molecule has 0 aromatic heterocycles. The maximum absolute atomic E-state index is 11.4. The predicted molar refractivity (Wildman–Crippen MR) is 89.5 cm³/mol. The molecule has 0 bridgehead atoms. The Morgan fingerprint density at radius 1 is 0.520 bits per heavy atom. The lowest BCUT2D eigenvalue weighted by atomic mass is 9.96. The van der Waals surface area contributed by atoms with Crippen molar-refractivity contribution in [2.24, 2.45) is 22.9 Å². The van der Waals surface area contributed by atoms with Crippen molar-refractivity contribution >= 4 is 23.6 Å². The van der Waals surface area contributed by atoms with Gasteiger partial charge in [0, 0.05) is 28.7 Å². The van der Waals surface area contributed by atoms with E-state index in [-0.39, 0.29) is 22.3 Å². The fourth-order valence-electron chi connectivity index (χ4n) is 2.23. The molecule has 2 aromatic carbocycles. The Hall–Kier alpha value is -3.68. The molecule has 0 aliphatic rings. The molecule has 0 atom stereocenters. The van der Waals surface area contributed by atoms with Crippen LogP contribution in [0.1, 0.15) is 52.6 Å². The third kappa shape index (κ3) is 4.20. The van der Waals surface area contributed by atoms with Gasteiger partial charge in [-0.25, -0.2) is 0 Å². The number of amides is 4. The van der Waals surface area contributed by atoms with E-state index in [1.165, 1.54) is 42.8 Å². The van der Waals surface area contributed by atoms with Gasteiger partial charge < -0.3 is 22.9 Å². The van der Waals surface area contributed by atoms with Gasteiger partial charge in [0.25, 0.3) is 0 Å². The molecule has 2 rings (SSSR count). The van der Waals surface area contributed by atoms with Crippen LogP contribution < -0.4 is 22.9 Å². The fraction of sp³-hybridized carbons (Fsp3) is 0. The van der Waals surface area contributed by atoms with Crippen molar-refractivity contribution < 1.29 is 19.2 Å². The molecule has 0 heterocycles. The van der Waals surface area contributed by atoms with Gasteiger partial charge in [0.1, 0.15) is 0 Å². The zero-order valence-corrected chi connectivity index (χ0v) is 13.0. The second-order valence-electron chi connectivity index (χ2n) is 5.29. The number of primary amides is 4. The van der Waals surface area contributed by atoms with E-state index in [1.807, 2.05) is 0 Å². The Bertz CT molecular complexity index is 768. The third-order valence-electron chi connectivity index (χ3n) is 3.38. The van der Waals surface area contributed by atoms with Gasteiger partial charge in [0.2, 0.25) is 23.6 Å². The Morgan fingerprint density at radius 2 is 0.760 bits per heavy atom. The lowest BCUT2D eigenvalue weighted by Gasteiger charge is -2.09. The van der Waals surface area contributed by atoms with Crippen LogP contribution in [-0.2, 0) is 0 Å². The first kappa shape index (κ1) is 17.7. The number of carbonyl (C=O) groups is 4. The van der Waals surface area contributed by atoms with Crippen LogP contribution in [0.2, 0.25) is 0 Å². The highest BCUT2D eigenvalue weighted by atomic mass is 16.2. The quantitative estimate of drug-likeness (QED) is 0.565. The highest BCUT2D eigenvalue weighted by molar-refractivity contribution is 6.00. The summed E-state index contributed by atoms with van der Waals surface area (Å²) in [4.78, 5) is 45.6. The van der Waals surface area contributed by atoms with Crippen LogP contribution in [0.3, 0.4) is 0 Å². The Balaban J connectivity index is 2.51. The van der Waals surface area contributed by atoms with E-state index in [2.05, 4.69) is 0 Å². The van der Waals surface area contributed by atoms with Gasteiger partial charge in [0.05, 0.1) is 0 Å². The van der Waals surface area contributed by atoms with E-state index in [0.717, 1.165) is 0 Å². The van der Waals surface area contributed by atoms with E-state index in [9.17, 15) is 19.2 Å². The molecule has 0 aliphatic carbocycles. The van der Waals surface area contributed by atoms with Crippen LogP contribution in [-0.4, -0.2) is 23.6 Å². The molecule has 8 nitrogen and oxygen atoms in total.